The lowest BCUT2D eigenvalue weighted by Crippen LogP contribution is -2.50. The Kier molecular flexibility index (Phi) is 3.51. The van der Waals surface area contributed by atoms with Crippen LogP contribution in [0.4, 0.5) is 11.5 Å². The first-order valence-electron chi connectivity index (χ1n) is 6.24. The molecule has 0 radical (unpaired) electrons. The van der Waals surface area contributed by atoms with E-state index in [1.54, 1.807) is 11.6 Å². The van der Waals surface area contributed by atoms with Crippen molar-refractivity contribution in [3.8, 4) is 0 Å². The standard InChI is InChI=1S/C11H19N5O2/c1-4-15-11(10(16(17)18)9(3)13-15)14-6-5-12-8(2)7-14/h8,12H,4-7H2,1-3H3/t8-/m1/s1. The Bertz CT molecular complexity index is 457. The topological polar surface area (TPSA) is 76.2 Å². The summed E-state index contributed by atoms with van der Waals surface area (Å²) in [5.41, 5.74) is 0.633. The molecule has 0 aromatic carbocycles. The summed E-state index contributed by atoms with van der Waals surface area (Å²) in [4.78, 5) is 12.9. The molecule has 0 saturated carbocycles. The Morgan fingerprint density at radius 1 is 1.61 bits per heavy atom. The molecular weight excluding hydrogens is 234 g/mol. The second-order valence-corrected chi connectivity index (χ2v) is 4.63. The van der Waals surface area contributed by atoms with E-state index in [0.29, 0.717) is 24.1 Å². The third kappa shape index (κ3) is 2.17. The largest absolute Gasteiger partial charge is 0.348 e. The van der Waals surface area contributed by atoms with Gasteiger partial charge < -0.3 is 10.2 Å². The molecule has 1 N–H and O–H groups in total. The lowest BCUT2D eigenvalue weighted by molar-refractivity contribution is -0.384. The predicted molar refractivity (Wildman–Crippen MR) is 69.0 cm³/mol. The summed E-state index contributed by atoms with van der Waals surface area (Å²) in [5.74, 6) is 0.647. The van der Waals surface area contributed by atoms with Crippen molar-refractivity contribution in [2.24, 2.45) is 0 Å². The third-order valence-electron chi connectivity index (χ3n) is 3.22. The van der Waals surface area contributed by atoms with Crippen LogP contribution < -0.4 is 10.2 Å². The average Bonchev–Trinajstić information content (AvgIpc) is 2.66. The van der Waals surface area contributed by atoms with Crippen molar-refractivity contribution >= 4 is 11.5 Å². The van der Waals surface area contributed by atoms with Gasteiger partial charge >= 0.3 is 5.69 Å². The highest BCUT2D eigenvalue weighted by atomic mass is 16.6. The van der Waals surface area contributed by atoms with E-state index in [4.69, 9.17) is 0 Å². The molecule has 0 bridgehead atoms. The van der Waals surface area contributed by atoms with Crippen molar-refractivity contribution in [2.45, 2.75) is 33.4 Å². The molecule has 1 fully saturated rings. The van der Waals surface area contributed by atoms with Crippen LogP contribution in [-0.4, -0.2) is 40.4 Å². The zero-order chi connectivity index (χ0) is 13.3. The van der Waals surface area contributed by atoms with Gasteiger partial charge in [0.1, 0.15) is 5.69 Å². The van der Waals surface area contributed by atoms with Crippen LogP contribution in [0.1, 0.15) is 19.5 Å². The summed E-state index contributed by atoms with van der Waals surface area (Å²) in [5, 5.41) is 18.8. The molecule has 7 nitrogen and oxygen atoms in total. The zero-order valence-electron chi connectivity index (χ0n) is 11.0. The minimum absolute atomic E-state index is 0.144. The van der Waals surface area contributed by atoms with Gasteiger partial charge in [-0.15, -0.1) is 0 Å². The van der Waals surface area contributed by atoms with E-state index in [1.807, 2.05) is 6.92 Å². The van der Waals surface area contributed by atoms with Crippen molar-refractivity contribution in [1.82, 2.24) is 15.1 Å². The average molecular weight is 253 g/mol. The van der Waals surface area contributed by atoms with Gasteiger partial charge in [-0.3, -0.25) is 10.1 Å². The van der Waals surface area contributed by atoms with Gasteiger partial charge in [0, 0.05) is 32.2 Å². The fraction of sp³-hybridized carbons (Fsp3) is 0.727. The first-order valence-corrected chi connectivity index (χ1v) is 6.24. The number of hydrogen-bond donors (Lipinski definition) is 1. The van der Waals surface area contributed by atoms with Gasteiger partial charge in [0.15, 0.2) is 0 Å². The molecule has 1 aliphatic rings. The first kappa shape index (κ1) is 12.8. The number of rotatable bonds is 3. The van der Waals surface area contributed by atoms with Gasteiger partial charge in [-0.05, 0) is 20.8 Å². The maximum absolute atomic E-state index is 11.2. The minimum atomic E-state index is -0.323. The van der Waals surface area contributed by atoms with Gasteiger partial charge in [0.05, 0.1) is 4.92 Å². The van der Waals surface area contributed by atoms with E-state index in [1.165, 1.54) is 0 Å². The molecule has 1 aromatic rings. The van der Waals surface area contributed by atoms with Crippen molar-refractivity contribution in [3.05, 3.63) is 15.8 Å². The Morgan fingerprint density at radius 3 is 2.89 bits per heavy atom. The van der Waals surface area contributed by atoms with Gasteiger partial charge in [0.25, 0.3) is 0 Å². The summed E-state index contributed by atoms with van der Waals surface area (Å²) in [6.07, 6.45) is 0. The molecule has 1 aliphatic heterocycles. The smallest absolute Gasteiger partial charge is 0.333 e. The Balaban J connectivity index is 2.43. The van der Waals surface area contributed by atoms with E-state index in [9.17, 15) is 10.1 Å². The van der Waals surface area contributed by atoms with Crippen LogP contribution in [0, 0.1) is 17.0 Å². The number of nitrogens with zero attached hydrogens (tertiary/aromatic N) is 4. The highest BCUT2D eigenvalue weighted by Crippen LogP contribution is 2.32. The van der Waals surface area contributed by atoms with E-state index in [2.05, 4.69) is 22.2 Å². The second kappa shape index (κ2) is 4.93. The molecule has 0 unspecified atom stereocenters. The number of anilines is 1. The molecule has 1 atom stereocenters. The summed E-state index contributed by atoms with van der Waals surface area (Å²) in [6.45, 7) is 8.75. The molecule has 0 amide bonds. The van der Waals surface area contributed by atoms with Crippen LogP contribution in [0.3, 0.4) is 0 Å². The molecule has 1 saturated heterocycles. The van der Waals surface area contributed by atoms with E-state index in [0.717, 1.165) is 19.6 Å². The SMILES string of the molecule is CCn1nc(C)c([N+](=O)[O-])c1N1CCN[C@H](C)C1. The maximum atomic E-state index is 11.2. The molecule has 2 heterocycles. The van der Waals surface area contributed by atoms with Crippen molar-refractivity contribution in [1.29, 1.82) is 0 Å². The molecular formula is C11H19N5O2. The van der Waals surface area contributed by atoms with Gasteiger partial charge in [-0.2, -0.15) is 5.10 Å². The van der Waals surface area contributed by atoms with E-state index < -0.39 is 0 Å². The molecule has 7 heteroatoms. The molecule has 0 aliphatic carbocycles. The first-order chi connectivity index (χ1) is 8.54. The number of aryl methyl sites for hydroxylation is 2. The second-order valence-electron chi connectivity index (χ2n) is 4.63. The molecule has 0 spiro atoms. The van der Waals surface area contributed by atoms with Crippen LogP contribution in [0.2, 0.25) is 0 Å². The molecule has 100 valence electrons. The molecule has 1 aromatic heterocycles. The highest BCUT2D eigenvalue weighted by molar-refractivity contribution is 5.61. The van der Waals surface area contributed by atoms with Crippen LogP contribution in [0.5, 0.6) is 0 Å². The van der Waals surface area contributed by atoms with Crippen LogP contribution >= 0.6 is 0 Å². The summed E-state index contributed by atoms with van der Waals surface area (Å²) < 4.78 is 1.73. The van der Waals surface area contributed by atoms with Crippen LogP contribution in [-0.2, 0) is 6.54 Å². The number of piperazine rings is 1. The van der Waals surface area contributed by atoms with E-state index >= 15 is 0 Å². The summed E-state index contributed by atoms with van der Waals surface area (Å²) in [6, 6.07) is 0.332. The fourth-order valence-corrected chi connectivity index (χ4v) is 2.43. The monoisotopic (exact) mass is 253 g/mol. The zero-order valence-corrected chi connectivity index (χ0v) is 11.0. The molecule has 18 heavy (non-hydrogen) atoms. The molecule has 2 rings (SSSR count). The van der Waals surface area contributed by atoms with Crippen molar-refractivity contribution < 1.29 is 4.92 Å². The number of nitrogens with one attached hydrogen (secondary N) is 1. The summed E-state index contributed by atoms with van der Waals surface area (Å²) in [7, 11) is 0. The predicted octanol–water partition coefficient (Wildman–Crippen LogP) is 0.918. The Labute approximate surface area is 106 Å². The maximum Gasteiger partial charge on any atom is 0.333 e. The van der Waals surface area contributed by atoms with Crippen LogP contribution in [0.15, 0.2) is 0 Å². The fourth-order valence-electron chi connectivity index (χ4n) is 2.43. The lowest BCUT2D eigenvalue weighted by Gasteiger charge is -2.32. The van der Waals surface area contributed by atoms with Crippen molar-refractivity contribution in [3.63, 3.8) is 0 Å². The Morgan fingerprint density at radius 2 is 2.33 bits per heavy atom. The quantitative estimate of drug-likeness (QED) is 0.640. The van der Waals surface area contributed by atoms with E-state index in [-0.39, 0.29) is 10.6 Å². The summed E-state index contributed by atoms with van der Waals surface area (Å²) >= 11 is 0. The van der Waals surface area contributed by atoms with Gasteiger partial charge in [0.2, 0.25) is 5.82 Å². The lowest BCUT2D eigenvalue weighted by atomic mass is 10.2. The van der Waals surface area contributed by atoms with Crippen molar-refractivity contribution in [2.75, 3.05) is 24.5 Å². The minimum Gasteiger partial charge on any atom is -0.348 e. The van der Waals surface area contributed by atoms with Gasteiger partial charge in [-0.25, -0.2) is 4.68 Å². The number of hydrogen-bond acceptors (Lipinski definition) is 5. The normalized spacial score (nSPS) is 20.2. The third-order valence-corrected chi connectivity index (χ3v) is 3.22. The van der Waals surface area contributed by atoms with Gasteiger partial charge in [-0.1, -0.05) is 0 Å². The number of nitro groups is 1. The highest BCUT2D eigenvalue weighted by Gasteiger charge is 2.30. The number of aromatic nitrogens is 2. The van der Waals surface area contributed by atoms with Crippen LogP contribution in [0.25, 0.3) is 0 Å². The Hall–Kier alpha value is -1.63.